The number of carbonyl (C=O) groups excluding carboxylic acids is 1. The maximum atomic E-state index is 10.7. The second kappa shape index (κ2) is 4.82. The van der Waals surface area contributed by atoms with Gasteiger partial charge in [0, 0.05) is 32.4 Å². The second-order valence-corrected chi connectivity index (χ2v) is 3.80. The molecule has 2 N–H and O–H groups in total. The van der Waals surface area contributed by atoms with Crippen LogP contribution in [0.3, 0.4) is 0 Å². The molecule has 90 valence electrons. The van der Waals surface area contributed by atoms with Crippen molar-refractivity contribution in [2.75, 3.05) is 18.4 Å². The topological polar surface area (TPSA) is 71.3 Å². The zero-order valence-corrected chi connectivity index (χ0v) is 9.90. The van der Waals surface area contributed by atoms with Crippen LogP contribution in [0.2, 0.25) is 0 Å². The summed E-state index contributed by atoms with van der Waals surface area (Å²) in [5.41, 5.74) is 1.88. The van der Waals surface area contributed by atoms with Crippen molar-refractivity contribution in [2.45, 2.75) is 13.8 Å². The van der Waals surface area contributed by atoms with E-state index in [1.54, 1.807) is 16.9 Å². The quantitative estimate of drug-likeness (QED) is 0.758. The number of hydrogen-bond acceptors (Lipinski definition) is 4. The van der Waals surface area contributed by atoms with Gasteiger partial charge in [0.1, 0.15) is 5.52 Å². The lowest BCUT2D eigenvalue weighted by Gasteiger charge is -2.06. The molecule has 0 bridgehead atoms. The fourth-order valence-electron chi connectivity index (χ4n) is 1.60. The van der Waals surface area contributed by atoms with Crippen LogP contribution in [0.15, 0.2) is 18.5 Å². The van der Waals surface area contributed by atoms with Crippen molar-refractivity contribution in [2.24, 2.45) is 0 Å². The first-order valence-electron chi connectivity index (χ1n) is 5.46. The Kier molecular flexibility index (Phi) is 3.22. The number of fused-ring (bicyclic) bond motifs is 1. The van der Waals surface area contributed by atoms with Crippen LogP contribution in [0, 0.1) is 6.92 Å². The number of nitrogens with one attached hydrogen (secondary N) is 2. The summed E-state index contributed by atoms with van der Waals surface area (Å²) < 4.78 is 1.78. The van der Waals surface area contributed by atoms with Gasteiger partial charge in [-0.25, -0.2) is 9.50 Å². The minimum absolute atomic E-state index is 0.0295. The predicted molar refractivity (Wildman–Crippen MR) is 64.9 cm³/mol. The van der Waals surface area contributed by atoms with Crippen molar-refractivity contribution < 1.29 is 4.79 Å². The van der Waals surface area contributed by atoms with Gasteiger partial charge >= 0.3 is 0 Å². The van der Waals surface area contributed by atoms with Crippen LogP contribution in [0.4, 0.5) is 5.82 Å². The fourth-order valence-corrected chi connectivity index (χ4v) is 1.60. The van der Waals surface area contributed by atoms with Crippen LogP contribution in [-0.4, -0.2) is 33.6 Å². The maximum absolute atomic E-state index is 10.7. The number of carbonyl (C=O) groups is 1. The molecule has 0 unspecified atom stereocenters. The number of aryl methyl sites for hydroxylation is 1. The average molecular weight is 233 g/mol. The molecule has 0 fully saturated rings. The monoisotopic (exact) mass is 233 g/mol. The van der Waals surface area contributed by atoms with Gasteiger partial charge in [0.25, 0.3) is 0 Å². The molecule has 2 aromatic rings. The highest BCUT2D eigenvalue weighted by Gasteiger charge is 2.04. The lowest BCUT2D eigenvalue weighted by atomic mass is 10.4. The van der Waals surface area contributed by atoms with Gasteiger partial charge in [-0.3, -0.25) is 4.79 Å². The van der Waals surface area contributed by atoms with Gasteiger partial charge in [0.15, 0.2) is 5.82 Å². The van der Waals surface area contributed by atoms with E-state index in [9.17, 15) is 4.79 Å². The summed E-state index contributed by atoms with van der Waals surface area (Å²) in [5, 5.41) is 10.2. The molecule has 0 atom stereocenters. The molecule has 0 aliphatic carbocycles. The summed E-state index contributed by atoms with van der Waals surface area (Å²) >= 11 is 0. The Morgan fingerprint density at radius 1 is 1.47 bits per heavy atom. The van der Waals surface area contributed by atoms with Gasteiger partial charge in [0.05, 0.1) is 5.69 Å². The molecule has 1 amide bonds. The van der Waals surface area contributed by atoms with Crippen LogP contribution in [0.1, 0.15) is 12.6 Å². The zero-order chi connectivity index (χ0) is 12.3. The van der Waals surface area contributed by atoms with E-state index in [1.165, 1.54) is 6.92 Å². The Morgan fingerprint density at radius 3 is 3.06 bits per heavy atom. The van der Waals surface area contributed by atoms with Crippen LogP contribution in [-0.2, 0) is 4.79 Å². The summed E-state index contributed by atoms with van der Waals surface area (Å²) in [6.07, 6.45) is 3.50. The number of rotatable bonds is 4. The van der Waals surface area contributed by atoms with E-state index in [1.807, 2.05) is 13.0 Å². The molecule has 0 radical (unpaired) electrons. The van der Waals surface area contributed by atoms with Crippen LogP contribution >= 0.6 is 0 Å². The van der Waals surface area contributed by atoms with Crippen LogP contribution in [0.25, 0.3) is 5.52 Å². The lowest BCUT2D eigenvalue weighted by Crippen LogP contribution is -2.26. The highest BCUT2D eigenvalue weighted by atomic mass is 16.1. The third-order valence-corrected chi connectivity index (χ3v) is 2.30. The molecule has 0 aliphatic heterocycles. The minimum atomic E-state index is -0.0295. The molecule has 0 aliphatic rings. The van der Waals surface area contributed by atoms with Gasteiger partial charge in [-0.05, 0) is 13.0 Å². The highest BCUT2D eigenvalue weighted by Crippen LogP contribution is 2.13. The number of hydrogen-bond donors (Lipinski definition) is 2. The summed E-state index contributed by atoms with van der Waals surface area (Å²) in [7, 11) is 0. The standard InChI is InChI=1S/C11H15N5O/c1-8-7-10-11(13-4-3-12-9(2)17)14-5-6-16(10)15-8/h5-7H,3-4H2,1-2H3,(H,12,17)(H,13,14). The van der Waals surface area contributed by atoms with E-state index in [4.69, 9.17) is 0 Å². The van der Waals surface area contributed by atoms with Gasteiger partial charge in [-0.1, -0.05) is 0 Å². The van der Waals surface area contributed by atoms with E-state index in [0.29, 0.717) is 13.1 Å². The van der Waals surface area contributed by atoms with Gasteiger partial charge in [-0.15, -0.1) is 0 Å². The van der Waals surface area contributed by atoms with Crippen molar-refractivity contribution in [1.29, 1.82) is 0 Å². The fraction of sp³-hybridized carbons (Fsp3) is 0.364. The van der Waals surface area contributed by atoms with Crippen molar-refractivity contribution in [3.63, 3.8) is 0 Å². The van der Waals surface area contributed by atoms with E-state index in [2.05, 4.69) is 20.7 Å². The molecule has 0 saturated heterocycles. The molecule has 2 aromatic heterocycles. The Hall–Kier alpha value is -2.11. The molecule has 0 spiro atoms. The molecule has 6 nitrogen and oxygen atoms in total. The second-order valence-electron chi connectivity index (χ2n) is 3.80. The summed E-state index contributed by atoms with van der Waals surface area (Å²) in [5.74, 6) is 0.747. The third-order valence-electron chi connectivity index (χ3n) is 2.30. The van der Waals surface area contributed by atoms with Gasteiger partial charge in [-0.2, -0.15) is 5.10 Å². The Balaban J connectivity index is 2.05. The highest BCUT2D eigenvalue weighted by molar-refractivity contribution is 5.73. The van der Waals surface area contributed by atoms with Gasteiger partial charge < -0.3 is 10.6 Å². The van der Waals surface area contributed by atoms with Crippen molar-refractivity contribution in [3.05, 3.63) is 24.2 Å². The molecular formula is C11H15N5O. The molecule has 17 heavy (non-hydrogen) atoms. The predicted octanol–water partition coefficient (Wildman–Crippen LogP) is 0.586. The lowest BCUT2D eigenvalue weighted by molar-refractivity contribution is -0.118. The summed E-state index contributed by atoms with van der Waals surface area (Å²) in [6, 6.07) is 1.97. The number of amides is 1. The van der Waals surface area contributed by atoms with Crippen LogP contribution in [0.5, 0.6) is 0 Å². The van der Waals surface area contributed by atoms with E-state index < -0.39 is 0 Å². The Bertz CT molecular complexity index is 534. The first-order valence-corrected chi connectivity index (χ1v) is 5.46. The van der Waals surface area contributed by atoms with E-state index in [0.717, 1.165) is 17.0 Å². The molecule has 6 heteroatoms. The normalized spacial score (nSPS) is 10.5. The van der Waals surface area contributed by atoms with Crippen LogP contribution < -0.4 is 10.6 Å². The molecular weight excluding hydrogens is 218 g/mol. The van der Waals surface area contributed by atoms with E-state index >= 15 is 0 Å². The summed E-state index contributed by atoms with van der Waals surface area (Å²) in [6.45, 7) is 4.65. The largest absolute Gasteiger partial charge is 0.367 e. The molecule has 2 rings (SSSR count). The summed E-state index contributed by atoms with van der Waals surface area (Å²) in [4.78, 5) is 15.0. The SMILES string of the molecule is CC(=O)NCCNc1nccn2nc(C)cc12. The number of anilines is 1. The Morgan fingerprint density at radius 2 is 2.29 bits per heavy atom. The first-order chi connectivity index (χ1) is 8.16. The third kappa shape index (κ3) is 2.72. The molecule has 0 aromatic carbocycles. The zero-order valence-electron chi connectivity index (χ0n) is 9.90. The number of nitrogens with zero attached hydrogens (tertiary/aromatic N) is 3. The van der Waals surface area contributed by atoms with Gasteiger partial charge in [0.2, 0.25) is 5.91 Å². The molecule has 0 saturated carbocycles. The molecule has 2 heterocycles. The van der Waals surface area contributed by atoms with Crippen molar-refractivity contribution in [3.8, 4) is 0 Å². The van der Waals surface area contributed by atoms with Crippen molar-refractivity contribution in [1.82, 2.24) is 19.9 Å². The minimum Gasteiger partial charge on any atom is -0.367 e. The number of aromatic nitrogens is 3. The first kappa shape index (κ1) is 11.4. The maximum Gasteiger partial charge on any atom is 0.216 e. The van der Waals surface area contributed by atoms with Crippen molar-refractivity contribution >= 4 is 17.2 Å². The average Bonchev–Trinajstić information content (AvgIpc) is 2.65. The van der Waals surface area contributed by atoms with E-state index in [-0.39, 0.29) is 5.91 Å². The Labute approximate surface area is 99.0 Å². The smallest absolute Gasteiger partial charge is 0.216 e.